The Balaban J connectivity index is 1.16. The van der Waals surface area contributed by atoms with Crippen molar-refractivity contribution < 1.29 is 0 Å². The lowest BCUT2D eigenvalue weighted by Crippen LogP contribution is -2.00. The summed E-state index contributed by atoms with van der Waals surface area (Å²) < 4.78 is 2.30. The molecule has 246 valence electrons. The number of nitrogens with zero attached hydrogens (tertiary/aromatic N) is 5. The molecule has 0 saturated carbocycles. The third kappa shape index (κ3) is 5.21. The molecule has 8 aromatic carbocycles. The molecule has 0 bridgehead atoms. The lowest BCUT2D eigenvalue weighted by molar-refractivity contribution is 1.08. The zero-order valence-corrected chi connectivity index (χ0v) is 28.5. The van der Waals surface area contributed by atoms with Gasteiger partial charge in [0.1, 0.15) is 0 Å². The third-order valence-electron chi connectivity index (χ3n) is 10.1. The summed E-state index contributed by atoms with van der Waals surface area (Å²) in [6.07, 6.45) is 0. The van der Waals surface area contributed by atoms with Gasteiger partial charge in [0.05, 0.1) is 22.7 Å². The van der Waals surface area contributed by atoms with Crippen LogP contribution in [0.25, 0.3) is 94.3 Å². The lowest BCUT2D eigenvalue weighted by atomic mass is 9.93. The molecule has 0 unspecified atom stereocenters. The van der Waals surface area contributed by atoms with E-state index in [4.69, 9.17) is 15.0 Å². The highest BCUT2D eigenvalue weighted by Crippen LogP contribution is 2.40. The van der Waals surface area contributed by atoms with Crippen molar-refractivity contribution in [2.24, 2.45) is 0 Å². The smallest absolute Gasteiger partial charge is 0.164 e. The maximum Gasteiger partial charge on any atom is 0.164 e. The third-order valence-corrected chi connectivity index (χ3v) is 10.1. The van der Waals surface area contributed by atoms with Gasteiger partial charge in [-0.15, -0.1) is 0 Å². The van der Waals surface area contributed by atoms with E-state index >= 15 is 0 Å². The molecule has 0 radical (unpaired) electrons. The molecular weight excluding hydrogens is 647 g/mol. The molecular formula is C48H29N5. The molecule has 0 N–H and O–H groups in total. The second-order valence-electron chi connectivity index (χ2n) is 13.2. The van der Waals surface area contributed by atoms with E-state index in [-0.39, 0.29) is 0 Å². The van der Waals surface area contributed by atoms with Crippen LogP contribution in [0.5, 0.6) is 0 Å². The molecule has 10 aromatic rings. The summed E-state index contributed by atoms with van der Waals surface area (Å²) >= 11 is 0. The van der Waals surface area contributed by atoms with E-state index in [0.29, 0.717) is 23.0 Å². The normalized spacial score (nSPS) is 11.4. The summed E-state index contributed by atoms with van der Waals surface area (Å²) in [5.74, 6) is 1.89. The predicted molar refractivity (Wildman–Crippen MR) is 216 cm³/mol. The van der Waals surface area contributed by atoms with Crippen molar-refractivity contribution in [2.75, 3.05) is 0 Å². The summed E-state index contributed by atoms with van der Waals surface area (Å²) in [6.45, 7) is 0. The van der Waals surface area contributed by atoms with Crippen molar-refractivity contribution in [2.45, 2.75) is 0 Å². The van der Waals surface area contributed by atoms with Crippen LogP contribution in [0.3, 0.4) is 0 Å². The number of benzene rings is 8. The van der Waals surface area contributed by atoms with Gasteiger partial charge >= 0.3 is 0 Å². The Labute approximate surface area is 305 Å². The fourth-order valence-corrected chi connectivity index (χ4v) is 7.53. The van der Waals surface area contributed by atoms with Gasteiger partial charge in [0.15, 0.2) is 17.5 Å². The van der Waals surface area contributed by atoms with Gasteiger partial charge in [0.2, 0.25) is 0 Å². The van der Waals surface area contributed by atoms with E-state index in [9.17, 15) is 5.26 Å². The van der Waals surface area contributed by atoms with E-state index in [1.54, 1.807) is 0 Å². The van der Waals surface area contributed by atoms with Gasteiger partial charge in [-0.25, -0.2) is 15.0 Å². The predicted octanol–water partition coefficient (Wildman–Crippen LogP) is 11.8. The molecule has 0 saturated heterocycles. The Morgan fingerprint density at radius 1 is 0.396 bits per heavy atom. The molecule has 10 rings (SSSR count). The van der Waals surface area contributed by atoms with Gasteiger partial charge < -0.3 is 4.57 Å². The molecule has 0 aliphatic heterocycles. The highest BCUT2D eigenvalue weighted by atomic mass is 15.0. The van der Waals surface area contributed by atoms with Gasteiger partial charge in [0.25, 0.3) is 0 Å². The molecule has 2 aromatic heterocycles. The van der Waals surface area contributed by atoms with Crippen LogP contribution in [0, 0.1) is 11.3 Å². The SMILES string of the molecule is N#Cc1ccc2c(c1)c1cc(-c3ccc(-c4nc(-c5ccccc5)nc(-c5ccccc5)n4)c4ccccc34)ccc1n2-c1ccc2ccccc2c1. The minimum Gasteiger partial charge on any atom is -0.309 e. The van der Waals surface area contributed by atoms with Gasteiger partial charge in [-0.1, -0.05) is 127 Å². The van der Waals surface area contributed by atoms with Gasteiger partial charge in [0, 0.05) is 33.2 Å². The fourth-order valence-electron chi connectivity index (χ4n) is 7.53. The number of hydrogen-bond donors (Lipinski definition) is 0. The molecule has 0 aliphatic rings. The Hall–Kier alpha value is -7.42. The number of rotatable bonds is 5. The molecule has 0 fully saturated rings. The highest BCUT2D eigenvalue weighted by molar-refractivity contribution is 6.12. The van der Waals surface area contributed by atoms with Crippen LogP contribution in [0.2, 0.25) is 0 Å². The number of hydrogen-bond acceptors (Lipinski definition) is 4. The quantitative estimate of drug-likeness (QED) is 0.182. The van der Waals surface area contributed by atoms with Crippen LogP contribution in [0.4, 0.5) is 0 Å². The zero-order chi connectivity index (χ0) is 35.3. The van der Waals surface area contributed by atoms with Crippen LogP contribution < -0.4 is 0 Å². The lowest BCUT2D eigenvalue weighted by Gasteiger charge is -2.13. The van der Waals surface area contributed by atoms with Crippen LogP contribution in [0.1, 0.15) is 5.56 Å². The minimum atomic E-state index is 0.624. The summed E-state index contributed by atoms with van der Waals surface area (Å²) in [7, 11) is 0. The van der Waals surface area contributed by atoms with E-state index < -0.39 is 0 Å². The van der Waals surface area contributed by atoms with E-state index in [1.165, 1.54) is 10.8 Å². The first-order chi connectivity index (χ1) is 26.2. The van der Waals surface area contributed by atoms with Gasteiger partial charge in [-0.2, -0.15) is 5.26 Å². The van der Waals surface area contributed by atoms with Crippen molar-refractivity contribution in [3.63, 3.8) is 0 Å². The molecule has 5 nitrogen and oxygen atoms in total. The molecule has 0 amide bonds. The van der Waals surface area contributed by atoms with Crippen LogP contribution in [0.15, 0.2) is 176 Å². The largest absolute Gasteiger partial charge is 0.309 e. The number of aromatic nitrogens is 4. The van der Waals surface area contributed by atoms with E-state index in [1.807, 2.05) is 72.8 Å². The van der Waals surface area contributed by atoms with Crippen molar-refractivity contribution in [1.29, 1.82) is 5.26 Å². The summed E-state index contributed by atoms with van der Waals surface area (Å²) in [6, 6.07) is 62.9. The minimum absolute atomic E-state index is 0.624. The van der Waals surface area contributed by atoms with Gasteiger partial charge in [-0.05, 0) is 81.2 Å². The monoisotopic (exact) mass is 675 g/mol. The first-order valence-corrected chi connectivity index (χ1v) is 17.6. The fraction of sp³-hybridized carbons (Fsp3) is 0. The van der Waals surface area contributed by atoms with Crippen molar-refractivity contribution in [3.8, 4) is 57.0 Å². The van der Waals surface area contributed by atoms with Crippen molar-refractivity contribution in [1.82, 2.24) is 19.5 Å². The Kier molecular flexibility index (Phi) is 7.12. The molecule has 2 heterocycles. The van der Waals surface area contributed by atoms with Crippen molar-refractivity contribution in [3.05, 3.63) is 181 Å². The van der Waals surface area contributed by atoms with Crippen molar-refractivity contribution >= 4 is 43.4 Å². The molecule has 53 heavy (non-hydrogen) atoms. The van der Waals surface area contributed by atoms with Crippen LogP contribution in [-0.4, -0.2) is 19.5 Å². The topological polar surface area (TPSA) is 67.4 Å². The molecule has 0 spiro atoms. The van der Waals surface area contributed by atoms with Crippen LogP contribution in [-0.2, 0) is 0 Å². The van der Waals surface area contributed by atoms with Gasteiger partial charge in [-0.3, -0.25) is 0 Å². The van der Waals surface area contributed by atoms with Crippen LogP contribution >= 0.6 is 0 Å². The van der Waals surface area contributed by atoms with E-state index in [2.05, 4.69) is 114 Å². The maximum atomic E-state index is 9.88. The summed E-state index contributed by atoms with van der Waals surface area (Å²) in [5, 5.41) is 16.5. The maximum absolute atomic E-state index is 9.88. The standard InChI is InChI=1S/C48H29N5/c49-30-31-19-25-44-42(27-31)43-29-36(21-26-45(43)53(44)37-22-20-32-11-7-8-16-35(32)28-37)38-23-24-41(40-18-10-9-17-39(38)40)48-51-46(33-12-3-1-4-13-33)50-47(52-48)34-14-5-2-6-15-34/h1-29H. The summed E-state index contributed by atoms with van der Waals surface area (Å²) in [4.78, 5) is 15.0. The highest BCUT2D eigenvalue weighted by Gasteiger charge is 2.18. The zero-order valence-electron chi connectivity index (χ0n) is 28.5. The average Bonchev–Trinajstić information content (AvgIpc) is 3.56. The molecule has 5 heteroatoms. The molecule has 0 aliphatic carbocycles. The molecule has 0 atom stereocenters. The number of nitriles is 1. The summed E-state index contributed by atoms with van der Waals surface area (Å²) in [5.41, 5.74) is 8.87. The Morgan fingerprint density at radius 2 is 0.962 bits per heavy atom. The van der Waals surface area contributed by atoms with E-state index in [0.717, 1.165) is 66.1 Å². The second-order valence-corrected chi connectivity index (χ2v) is 13.2. The number of fused-ring (bicyclic) bond motifs is 5. The Bertz CT molecular complexity index is 3010. The second kappa shape index (κ2) is 12.4. The average molecular weight is 676 g/mol. The first-order valence-electron chi connectivity index (χ1n) is 17.6. The Morgan fingerprint density at radius 3 is 1.66 bits per heavy atom. The first kappa shape index (κ1) is 30.4.